The highest BCUT2D eigenvalue weighted by Gasteiger charge is 2.51. The number of carbonyl (C=O) groups is 2. The zero-order valence-corrected chi connectivity index (χ0v) is 20.2. The summed E-state index contributed by atoms with van der Waals surface area (Å²) in [5, 5.41) is 19.6. The fraction of sp³-hybridized carbons (Fsp3) is 0.640. The van der Waals surface area contributed by atoms with Gasteiger partial charge in [0.1, 0.15) is 5.82 Å². The first-order valence-corrected chi connectivity index (χ1v) is 12.8. The normalized spacial score (nSPS) is 30.1. The monoisotopic (exact) mass is 488 g/mol. The Labute approximate surface area is 205 Å². The first-order valence-electron chi connectivity index (χ1n) is 12.4. The van der Waals surface area contributed by atoms with Crippen molar-refractivity contribution in [2.75, 3.05) is 37.6 Å². The number of aliphatic hydroxyl groups is 1. The largest absolute Gasteiger partial charge is 0.465 e. The Morgan fingerprint density at radius 2 is 1.94 bits per heavy atom. The first kappa shape index (κ1) is 23.4. The van der Waals surface area contributed by atoms with Crippen molar-refractivity contribution in [1.82, 2.24) is 14.8 Å². The lowest BCUT2D eigenvalue weighted by atomic mass is 9.78. The van der Waals surface area contributed by atoms with Crippen molar-refractivity contribution in [2.45, 2.75) is 63.5 Å². The van der Waals surface area contributed by atoms with Crippen molar-refractivity contribution in [3.8, 4) is 0 Å². The number of aromatic nitrogens is 1. The molecule has 4 aliphatic rings. The van der Waals surface area contributed by atoms with Crippen molar-refractivity contribution in [2.24, 2.45) is 5.41 Å². The van der Waals surface area contributed by atoms with E-state index < -0.39 is 6.09 Å². The van der Waals surface area contributed by atoms with Gasteiger partial charge in [-0.3, -0.25) is 4.79 Å². The van der Waals surface area contributed by atoms with Crippen LogP contribution < -0.4 is 4.90 Å². The third-order valence-electron chi connectivity index (χ3n) is 8.20. The fourth-order valence-corrected chi connectivity index (χ4v) is 6.49. The molecule has 9 heteroatoms. The molecule has 0 aromatic carbocycles. The van der Waals surface area contributed by atoms with Crippen LogP contribution in [0.2, 0.25) is 5.02 Å². The second-order valence-electron chi connectivity index (χ2n) is 10.3. The smallest absolute Gasteiger partial charge is 0.407 e. The van der Waals surface area contributed by atoms with Gasteiger partial charge in [-0.25, -0.2) is 9.78 Å². The molecule has 1 aromatic rings. The van der Waals surface area contributed by atoms with E-state index in [9.17, 15) is 14.7 Å². The second kappa shape index (κ2) is 9.38. The average molecular weight is 489 g/mol. The fourth-order valence-electron chi connectivity index (χ4n) is 6.20. The Morgan fingerprint density at radius 3 is 2.62 bits per heavy atom. The van der Waals surface area contributed by atoms with Gasteiger partial charge in [-0.2, -0.15) is 0 Å². The van der Waals surface area contributed by atoms with Gasteiger partial charge in [0.05, 0.1) is 16.5 Å². The molecule has 1 aromatic heterocycles. The first-order chi connectivity index (χ1) is 16.4. The summed E-state index contributed by atoms with van der Waals surface area (Å²) < 4.78 is 0. The van der Waals surface area contributed by atoms with Gasteiger partial charge < -0.3 is 24.9 Å². The number of rotatable bonds is 3. The number of halogens is 1. The van der Waals surface area contributed by atoms with Crippen LogP contribution >= 0.6 is 11.6 Å². The Hall–Kier alpha value is -2.32. The zero-order valence-electron chi connectivity index (χ0n) is 19.5. The van der Waals surface area contributed by atoms with Gasteiger partial charge in [0.15, 0.2) is 0 Å². The lowest BCUT2D eigenvalue weighted by molar-refractivity contribution is -0.139. The van der Waals surface area contributed by atoms with E-state index in [1.165, 1.54) is 4.90 Å². The van der Waals surface area contributed by atoms with E-state index in [-0.39, 0.29) is 23.5 Å². The standard InChI is InChI=1S/C25H33ClN4O4/c26-21-14-18(17-6-11-28(12-7-17)24(33)34)15-27-22(21)29-10-1-8-25(16-29)9-13-30(23(25)32)19-2-4-20(31)5-3-19/h6,14-15,19-20,31H,1-5,7-13,16H2,(H,33,34)/t19-,20-,25?. The lowest BCUT2D eigenvalue weighted by Crippen LogP contribution is -2.50. The van der Waals surface area contributed by atoms with Crippen molar-refractivity contribution in [3.63, 3.8) is 0 Å². The Balaban J connectivity index is 1.29. The highest BCUT2D eigenvalue weighted by atomic mass is 35.5. The number of hydrogen-bond donors (Lipinski definition) is 2. The topological polar surface area (TPSA) is 97.2 Å². The molecule has 1 spiro atoms. The average Bonchev–Trinajstić information content (AvgIpc) is 3.14. The van der Waals surface area contributed by atoms with Crippen molar-refractivity contribution < 1.29 is 19.8 Å². The summed E-state index contributed by atoms with van der Waals surface area (Å²) in [6.45, 7) is 3.10. The molecule has 3 fully saturated rings. The molecule has 2 N–H and O–H groups in total. The van der Waals surface area contributed by atoms with Gasteiger partial charge in [-0.15, -0.1) is 0 Å². The number of pyridine rings is 1. The molecule has 0 radical (unpaired) electrons. The van der Waals surface area contributed by atoms with Gasteiger partial charge >= 0.3 is 6.09 Å². The molecule has 1 saturated carbocycles. The zero-order chi connectivity index (χ0) is 23.9. The molecule has 4 heterocycles. The molecular formula is C25H33ClN4O4. The van der Waals surface area contributed by atoms with E-state index in [0.717, 1.165) is 75.0 Å². The van der Waals surface area contributed by atoms with E-state index in [1.807, 2.05) is 18.3 Å². The van der Waals surface area contributed by atoms with Gasteiger partial charge in [-0.1, -0.05) is 17.7 Å². The summed E-state index contributed by atoms with van der Waals surface area (Å²) in [6, 6.07) is 2.18. The minimum Gasteiger partial charge on any atom is -0.465 e. The number of amides is 2. The van der Waals surface area contributed by atoms with E-state index in [1.54, 1.807) is 0 Å². The van der Waals surface area contributed by atoms with Crippen LogP contribution in [0.1, 0.15) is 56.9 Å². The maximum atomic E-state index is 13.6. The maximum absolute atomic E-state index is 13.6. The highest BCUT2D eigenvalue weighted by Crippen LogP contribution is 2.44. The van der Waals surface area contributed by atoms with E-state index in [0.29, 0.717) is 31.1 Å². The molecule has 8 nitrogen and oxygen atoms in total. The van der Waals surface area contributed by atoms with Crippen LogP contribution in [0, 0.1) is 5.41 Å². The van der Waals surface area contributed by atoms with Crippen LogP contribution in [0.5, 0.6) is 0 Å². The van der Waals surface area contributed by atoms with E-state index >= 15 is 0 Å². The number of anilines is 1. The van der Waals surface area contributed by atoms with Gasteiger partial charge in [0.2, 0.25) is 5.91 Å². The summed E-state index contributed by atoms with van der Waals surface area (Å²) in [5.41, 5.74) is 1.62. The quantitative estimate of drug-likeness (QED) is 0.674. The van der Waals surface area contributed by atoms with Crippen molar-refractivity contribution >= 4 is 35.0 Å². The van der Waals surface area contributed by atoms with Gasteiger partial charge in [0.25, 0.3) is 0 Å². The maximum Gasteiger partial charge on any atom is 0.407 e. The molecule has 1 unspecified atom stereocenters. The Morgan fingerprint density at radius 1 is 1.15 bits per heavy atom. The molecule has 184 valence electrons. The number of nitrogens with zero attached hydrogens (tertiary/aromatic N) is 4. The molecular weight excluding hydrogens is 456 g/mol. The van der Waals surface area contributed by atoms with Crippen molar-refractivity contribution in [3.05, 3.63) is 28.9 Å². The van der Waals surface area contributed by atoms with Crippen LogP contribution in [0.15, 0.2) is 18.3 Å². The lowest BCUT2D eigenvalue weighted by Gasteiger charge is -2.41. The third kappa shape index (κ3) is 4.38. The number of likely N-dealkylation sites (tertiary alicyclic amines) is 1. The van der Waals surface area contributed by atoms with E-state index in [2.05, 4.69) is 9.80 Å². The number of aliphatic hydroxyl groups excluding tert-OH is 1. The molecule has 0 bridgehead atoms. The SMILES string of the molecule is O=C(O)N1CC=C(c2cnc(N3CCCC4(CCN([C@H]5CC[C@H](O)CC5)C4=O)C3)c(Cl)c2)CC1. The third-order valence-corrected chi connectivity index (χ3v) is 8.48. The summed E-state index contributed by atoms with van der Waals surface area (Å²) in [4.78, 5) is 35.1. The second-order valence-corrected chi connectivity index (χ2v) is 10.7. The molecule has 1 aliphatic carbocycles. The van der Waals surface area contributed by atoms with Crippen LogP contribution in [0.4, 0.5) is 10.6 Å². The van der Waals surface area contributed by atoms with Gasteiger partial charge in [-0.05, 0) is 68.6 Å². The number of hydrogen-bond acceptors (Lipinski definition) is 5. The summed E-state index contributed by atoms with van der Waals surface area (Å²) in [6.07, 6.45) is 9.31. The highest BCUT2D eigenvalue weighted by molar-refractivity contribution is 6.33. The minimum absolute atomic E-state index is 0.218. The molecule has 5 rings (SSSR count). The van der Waals surface area contributed by atoms with Crippen LogP contribution in [0.25, 0.3) is 5.57 Å². The number of piperidine rings is 1. The predicted molar refractivity (Wildman–Crippen MR) is 130 cm³/mol. The Kier molecular flexibility index (Phi) is 6.46. The summed E-state index contributed by atoms with van der Waals surface area (Å²) in [7, 11) is 0. The van der Waals surface area contributed by atoms with Gasteiger partial charge in [0, 0.05) is 45.0 Å². The minimum atomic E-state index is -0.901. The molecule has 34 heavy (non-hydrogen) atoms. The Bertz CT molecular complexity index is 993. The van der Waals surface area contributed by atoms with E-state index in [4.69, 9.17) is 21.7 Å². The predicted octanol–water partition coefficient (Wildman–Crippen LogP) is 3.62. The summed E-state index contributed by atoms with van der Waals surface area (Å²) >= 11 is 6.70. The number of carbonyl (C=O) groups excluding carboxylic acids is 1. The van der Waals surface area contributed by atoms with Crippen LogP contribution in [-0.4, -0.2) is 81.9 Å². The molecule has 3 aliphatic heterocycles. The molecule has 2 saturated heterocycles. The number of carboxylic acid groups (broad SMARTS) is 1. The summed E-state index contributed by atoms with van der Waals surface area (Å²) in [5.74, 6) is 0.988. The van der Waals surface area contributed by atoms with Crippen LogP contribution in [0.3, 0.4) is 0 Å². The molecule has 2 amide bonds. The van der Waals surface area contributed by atoms with Crippen molar-refractivity contribution in [1.29, 1.82) is 0 Å². The molecule has 1 atom stereocenters. The van der Waals surface area contributed by atoms with Crippen LogP contribution in [-0.2, 0) is 4.79 Å².